The maximum Gasteiger partial charge on any atom is 0.250 e. The van der Waals surface area contributed by atoms with Crippen molar-refractivity contribution < 1.29 is 5.11 Å². The lowest BCUT2D eigenvalue weighted by Crippen LogP contribution is -2.15. The number of hydrogen-bond acceptors (Lipinski definition) is 3. The van der Waals surface area contributed by atoms with Gasteiger partial charge in [-0.25, -0.2) is 0 Å². The van der Waals surface area contributed by atoms with E-state index >= 15 is 0 Å². The minimum absolute atomic E-state index is 0.0479. The van der Waals surface area contributed by atoms with Crippen molar-refractivity contribution in [1.82, 2.24) is 4.57 Å². The van der Waals surface area contributed by atoms with E-state index in [9.17, 15) is 9.90 Å². The molecule has 1 heterocycles. The number of rotatable bonds is 3. The van der Waals surface area contributed by atoms with Crippen molar-refractivity contribution >= 4 is 17.3 Å². The van der Waals surface area contributed by atoms with Crippen molar-refractivity contribution in [2.75, 3.05) is 5.32 Å². The molecule has 0 spiro atoms. The van der Waals surface area contributed by atoms with Crippen LogP contribution in [0.4, 0.5) is 5.69 Å². The SMILES string of the molecule is Cn1cc(NCc2ccc(O)c(Cl)c2)ccc1=O. The third-order valence-corrected chi connectivity index (χ3v) is 2.90. The number of halogens is 1. The molecule has 0 saturated heterocycles. The van der Waals surface area contributed by atoms with Gasteiger partial charge in [-0.1, -0.05) is 17.7 Å². The van der Waals surface area contributed by atoms with E-state index in [2.05, 4.69) is 5.32 Å². The zero-order valence-corrected chi connectivity index (χ0v) is 10.6. The molecule has 94 valence electrons. The number of aromatic nitrogens is 1. The lowest BCUT2D eigenvalue weighted by Gasteiger charge is -2.08. The van der Waals surface area contributed by atoms with Gasteiger partial charge in [-0.2, -0.15) is 0 Å². The van der Waals surface area contributed by atoms with Gasteiger partial charge in [0.1, 0.15) is 5.75 Å². The molecule has 0 saturated carbocycles. The van der Waals surface area contributed by atoms with Crippen LogP contribution in [0.5, 0.6) is 5.75 Å². The van der Waals surface area contributed by atoms with Crippen molar-refractivity contribution in [3.8, 4) is 5.75 Å². The average Bonchev–Trinajstić information content (AvgIpc) is 2.35. The molecule has 18 heavy (non-hydrogen) atoms. The number of aromatic hydroxyl groups is 1. The number of pyridine rings is 1. The van der Waals surface area contributed by atoms with Crippen molar-refractivity contribution in [3.05, 3.63) is 57.5 Å². The topological polar surface area (TPSA) is 54.3 Å². The summed E-state index contributed by atoms with van der Waals surface area (Å²) in [5, 5.41) is 12.8. The molecule has 4 nitrogen and oxygen atoms in total. The molecule has 0 aliphatic carbocycles. The number of nitrogens with zero attached hydrogens (tertiary/aromatic N) is 1. The van der Waals surface area contributed by atoms with Crippen LogP contribution in [0.15, 0.2) is 41.3 Å². The van der Waals surface area contributed by atoms with Crippen molar-refractivity contribution in [1.29, 1.82) is 0 Å². The second kappa shape index (κ2) is 5.14. The van der Waals surface area contributed by atoms with Gasteiger partial charge in [0.15, 0.2) is 0 Å². The Hall–Kier alpha value is -1.94. The lowest BCUT2D eigenvalue weighted by molar-refractivity contribution is 0.475. The Bertz CT molecular complexity index is 623. The maximum atomic E-state index is 11.2. The Kier molecular flexibility index (Phi) is 3.58. The first-order valence-electron chi connectivity index (χ1n) is 5.44. The minimum atomic E-state index is -0.0479. The first-order valence-corrected chi connectivity index (χ1v) is 5.82. The lowest BCUT2D eigenvalue weighted by atomic mass is 10.2. The quantitative estimate of drug-likeness (QED) is 0.895. The van der Waals surface area contributed by atoms with Gasteiger partial charge in [-0.3, -0.25) is 4.79 Å². The van der Waals surface area contributed by atoms with Crippen molar-refractivity contribution in [3.63, 3.8) is 0 Å². The van der Waals surface area contributed by atoms with Crippen molar-refractivity contribution in [2.24, 2.45) is 7.05 Å². The molecule has 0 aliphatic rings. The van der Waals surface area contributed by atoms with Gasteiger partial charge in [0.05, 0.1) is 10.7 Å². The molecule has 0 aliphatic heterocycles. The fourth-order valence-corrected chi connectivity index (χ4v) is 1.77. The van der Waals surface area contributed by atoms with Crippen LogP contribution < -0.4 is 10.9 Å². The first-order chi connectivity index (χ1) is 8.56. The molecular formula is C13H13ClN2O2. The van der Waals surface area contributed by atoms with E-state index in [4.69, 9.17) is 11.6 Å². The van der Waals surface area contributed by atoms with Gasteiger partial charge >= 0.3 is 0 Å². The summed E-state index contributed by atoms with van der Waals surface area (Å²) < 4.78 is 1.51. The summed E-state index contributed by atoms with van der Waals surface area (Å²) in [7, 11) is 1.70. The van der Waals surface area contributed by atoms with Crippen LogP contribution in [0.3, 0.4) is 0 Å². The largest absolute Gasteiger partial charge is 0.506 e. The molecule has 2 rings (SSSR count). The zero-order valence-electron chi connectivity index (χ0n) is 9.85. The van der Waals surface area contributed by atoms with Crippen LogP contribution in [0.2, 0.25) is 5.02 Å². The van der Waals surface area contributed by atoms with Gasteiger partial charge in [0.25, 0.3) is 0 Å². The zero-order chi connectivity index (χ0) is 13.1. The van der Waals surface area contributed by atoms with Crippen LogP contribution in [-0.4, -0.2) is 9.67 Å². The minimum Gasteiger partial charge on any atom is -0.506 e. The van der Waals surface area contributed by atoms with Gasteiger partial charge in [-0.15, -0.1) is 0 Å². The molecule has 2 aromatic rings. The summed E-state index contributed by atoms with van der Waals surface area (Å²) in [4.78, 5) is 11.2. The fraction of sp³-hybridized carbons (Fsp3) is 0.154. The predicted octanol–water partition coefficient (Wildman–Crippen LogP) is 2.36. The number of anilines is 1. The molecule has 0 atom stereocenters. The second-order valence-corrected chi connectivity index (χ2v) is 4.41. The highest BCUT2D eigenvalue weighted by molar-refractivity contribution is 6.32. The Labute approximate surface area is 109 Å². The number of nitrogens with one attached hydrogen (secondary N) is 1. The number of phenols is 1. The Balaban J connectivity index is 2.09. The molecule has 0 fully saturated rings. The maximum absolute atomic E-state index is 11.2. The Morgan fingerprint density at radius 1 is 1.33 bits per heavy atom. The van der Waals surface area contributed by atoms with Crippen molar-refractivity contribution in [2.45, 2.75) is 6.54 Å². The average molecular weight is 265 g/mol. The van der Waals surface area contributed by atoms with Crippen LogP contribution >= 0.6 is 11.6 Å². The van der Waals surface area contributed by atoms with E-state index in [0.717, 1.165) is 11.3 Å². The number of benzene rings is 1. The second-order valence-electron chi connectivity index (χ2n) is 4.01. The summed E-state index contributed by atoms with van der Waals surface area (Å²) in [6.45, 7) is 0.568. The van der Waals surface area contributed by atoms with Crippen LogP contribution in [0.1, 0.15) is 5.56 Å². The molecule has 0 unspecified atom stereocenters. The molecular weight excluding hydrogens is 252 g/mol. The predicted molar refractivity (Wildman–Crippen MR) is 72.1 cm³/mol. The number of hydrogen-bond donors (Lipinski definition) is 2. The summed E-state index contributed by atoms with van der Waals surface area (Å²) in [5.41, 5.74) is 1.75. The van der Waals surface area contributed by atoms with E-state index in [1.165, 1.54) is 10.6 Å². The van der Waals surface area contributed by atoms with E-state index in [1.54, 1.807) is 37.5 Å². The van der Waals surface area contributed by atoms with E-state index in [0.29, 0.717) is 11.6 Å². The standard InChI is InChI=1S/C13H13ClN2O2/c1-16-8-10(3-5-13(16)18)15-7-9-2-4-12(17)11(14)6-9/h2-6,8,15,17H,7H2,1H3. The Morgan fingerprint density at radius 3 is 2.78 bits per heavy atom. The summed E-state index contributed by atoms with van der Waals surface area (Å²) in [6, 6.07) is 8.28. The van der Waals surface area contributed by atoms with Gasteiger partial charge in [-0.05, 0) is 23.8 Å². The number of aryl methyl sites for hydroxylation is 1. The third-order valence-electron chi connectivity index (χ3n) is 2.59. The highest BCUT2D eigenvalue weighted by atomic mass is 35.5. The third kappa shape index (κ3) is 2.84. The molecule has 5 heteroatoms. The van der Waals surface area contributed by atoms with Gasteiger partial charge in [0, 0.05) is 25.9 Å². The molecule has 1 aromatic heterocycles. The fourth-order valence-electron chi connectivity index (χ4n) is 1.56. The van der Waals surface area contributed by atoms with E-state index in [-0.39, 0.29) is 11.3 Å². The molecule has 2 N–H and O–H groups in total. The summed E-state index contributed by atoms with van der Waals surface area (Å²) >= 11 is 5.82. The van der Waals surface area contributed by atoms with Gasteiger partial charge < -0.3 is 15.0 Å². The normalized spacial score (nSPS) is 10.3. The van der Waals surface area contributed by atoms with Crippen LogP contribution in [0.25, 0.3) is 0 Å². The van der Waals surface area contributed by atoms with Crippen LogP contribution in [0, 0.1) is 0 Å². The Morgan fingerprint density at radius 2 is 2.11 bits per heavy atom. The summed E-state index contributed by atoms with van der Waals surface area (Å²) in [5.74, 6) is 0.0718. The first kappa shape index (κ1) is 12.5. The molecule has 0 amide bonds. The molecule has 1 aromatic carbocycles. The van der Waals surface area contributed by atoms with Gasteiger partial charge in [0.2, 0.25) is 5.56 Å². The van der Waals surface area contributed by atoms with E-state index in [1.807, 2.05) is 0 Å². The summed E-state index contributed by atoms with van der Waals surface area (Å²) in [6.07, 6.45) is 1.73. The monoisotopic (exact) mass is 264 g/mol. The highest BCUT2D eigenvalue weighted by Gasteiger charge is 2.00. The van der Waals surface area contributed by atoms with E-state index < -0.39 is 0 Å². The smallest absolute Gasteiger partial charge is 0.250 e. The number of phenolic OH excluding ortho intramolecular Hbond substituents is 1. The molecule has 0 bridgehead atoms. The van der Waals surface area contributed by atoms with Crippen LogP contribution in [-0.2, 0) is 13.6 Å². The highest BCUT2D eigenvalue weighted by Crippen LogP contribution is 2.23. The molecule has 0 radical (unpaired) electrons.